The molecule has 0 radical (unpaired) electrons. The van der Waals surface area contributed by atoms with E-state index in [0.29, 0.717) is 19.8 Å². The number of nitrogens with one attached hydrogen (secondary N) is 1. The number of aliphatic hydroxyl groups is 1. The molecule has 1 saturated heterocycles. The van der Waals surface area contributed by atoms with Crippen molar-refractivity contribution in [3.63, 3.8) is 0 Å². The molecule has 4 nitrogen and oxygen atoms in total. The third-order valence-electron chi connectivity index (χ3n) is 4.88. The molecule has 0 bridgehead atoms. The van der Waals surface area contributed by atoms with E-state index >= 15 is 0 Å². The summed E-state index contributed by atoms with van der Waals surface area (Å²) in [6.45, 7) is 5.90. The Morgan fingerprint density at radius 1 is 1.24 bits per heavy atom. The maximum absolute atomic E-state index is 9.87. The van der Waals surface area contributed by atoms with E-state index in [-0.39, 0.29) is 6.10 Å². The number of rotatable bonds is 9. The first-order chi connectivity index (χ1) is 10.2. The Balaban J connectivity index is 1.41. The third-order valence-corrected chi connectivity index (χ3v) is 4.88. The summed E-state index contributed by atoms with van der Waals surface area (Å²) in [6.07, 6.45) is 8.88. The van der Waals surface area contributed by atoms with Crippen LogP contribution in [0.5, 0.6) is 0 Å². The lowest BCUT2D eigenvalue weighted by Crippen LogP contribution is -2.32. The Morgan fingerprint density at radius 3 is 2.76 bits per heavy atom. The molecule has 1 aliphatic carbocycles. The Morgan fingerprint density at radius 2 is 2.05 bits per heavy atom. The zero-order chi connectivity index (χ0) is 14.9. The molecule has 2 atom stereocenters. The molecule has 0 amide bonds. The SMILES string of the molecule is CC1CCC(CCNCC(O)COCC2CCCO2)CC1. The monoisotopic (exact) mass is 299 g/mol. The Labute approximate surface area is 129 Å². The van der Waals surface area contributed by atoms with Gasteiger partial charge in [0, 0.05) is 13.2 Å². The summed E-state index contributed by atoms with van der Waals surface area (Å²) >= 11 is 0. The van der Waals surface area contributed by atoms with Crippen LogP contribution >= 0.6 is 0 Å². The van der Waals surface area contributed by atoms with Crippen molar-refractivity contribution in [2.45, 2.75) is 64.1 Å². The molecular weight excluding hydrogens is 266 g/mol. The number of hydrogen-bond donors (Lipinski definition) is 2. The molecule has 0 aromatic heterocycles. The summed E-state index contributed by atoms with van der Waals surface area (Å²) in [7, 11) is 0. The van der Waals surface area contributed by atoms with E-state index < -0.39 is 6.10 Å². The summed E-state index contributed by atoms with van der Waals surface area (Å²) in [6, 6.07) is 0. The lowest BCUT2D eigenvalue weighted by Gasteiger charge is -2.26. The second-order valence-electron chi connectivity index (χ2n) is 6.95. The minimum atomic E-state index is -0.405. The van der Waals surface area contributed by atoms with Gasteiger partial charge in [-0.25, -0.2) is 0 Å². The molecule has 2 N–H and O–H groups in total. The molecule has 1 aliphatic heterocycles. The molecule has 4 heteroatoms. The lowest BCUT2D eigenvalue weighted by molar-refractivity contribution is -0.0164. The van der Waals surface area contributed by atoms with Crippen LogP contribution in [0, 0.1) is 11.8 Å². The van der Waals surface area contributed by atoms with Crippen molar-refractivity contribution in [3.05, 3.63) is 0 Å². The molecule has 2 fully saturated rings. The van der Waals surface area contributed by atoms with Gasteiger partial charge in [-0.1, -0.05) is 32.6 Å². The van der Waals surface area contributed by atoms with Crippen LogP contribution in [0.1, 0.15) is 51.9 Å². The molecule has 2 aliphatic rings. The predicted molar refractivity (Wildman–Crippen MR) is 84.4 cm³/mol. The maximum Gasteiger partial charge on any atom is 0.0897 e. The third kappa shape index (κ3) is 7.09. The fourth-order valence-electron chi connectivity index (χ4n) is 3.36. The van der Waals surface area contributed by atoms with Crippen molar-refractivity contribution in [2.75, 3.05) is 32.9 Å². The lowest BCUT2D eigenvalue weighted by atomic mass is 9.81. The van der Waals surface area contributed by atoms with Crippen LogP contribution in [0.2, 0.25) is 0 Å². The molecule has 2 rings (SSSR count). The highest BCUT2D eigenvalue weighted by Gasteiger charge is 2.18. The molecular formula is C17H33NO3. The molecule has 0 spiro atoms. The van der Waals surface area contributed by atoms with Gasteiger partial charge in [0.1, 0.15) is 0 Å². The van der Waals surface area contributed by atoms with Crippen LogP contribution in [0.3, 0.4) is 0 Å². The Bertz CT molecular complexity index is 261. The largest absolute Gasteiger partial charge is 0.389 e. The van der Waals surface area contributed by atoms with Gasteiger partial charge in [0.05, 0.1) is 25.4 Å². The first kappa shape index (κ1) is 17.2. The van der Waals surface area contributed by atoms with Crippen molar-refractivity contribution in [1.82, 2.24) is 5.32 Å². The fourth-order valence-corrected chi connectivity index (χ4v) is 3.36. The van der Waals surface area contributed by atoms with Crippen molar-refractivity contribution < 1.29 is 14.6 Å². The van der Waals surface area contributed by atoms with E-state index in [9.17, 15) is 5.11 Å². The molecule has 0 aromatic carbocycles. The van der Waals surface area contributed by atoms with Gasteiger partial charge in [0.2, 0.25) is 0 Å². The summed E-state index contributed by atoms with van der Waals surface area (Å²) in [5.41, 5.74) is 0. The minimum Gasteiger partial charge on any atom is -0.389 e. The molecule has 1 saturated carbocycles. The van der Waals surface area contributed by atoms with Crippen molar-refractivity contribution >= 4 is 0 Å². The summed E-state index contributed by atoms with van der Waals surface area (Å²) in [5, 5.41) is 13.2. The molecule has 124 valence electrons. The zero-order valence-electron chi connectivity index (χ0n) is 13.6. The summed E-state index contributed by atoms with van der Waals surface area (Å²) in [5.74, 6) is 1.82. The smallest absolute Gasteiger partial charge is 0.0897 e. The maximum atomic E-state index is 9.87. The normalized spacial score (nSPS) is 31.4. The first-order valence-corrected chi connectivity index (χ1v) is 8.82. The highest BCUT2D eigenvalue weighted by molar-refractivity contribution is 4.71. The summed E-state index contributed by atoms with van der Waals surface area (Å²) in [4.78, 5) is 0. The van der Waals surface area contributed by atoms with E-state index in [1.807, 2.05) is 0 Å². The second kappa shape index (κ2) is 9.78. The van der Waals surface area contributed by atoms with Gasteiger partial charge >= 0.3 is 0 Å². The average molecular weight is 299 g/mol. The van der Waals surface area contributed by atoms with Crippen LogP contribution in [-0.4, -0.2) is 50.2 Å². The van der Waals surface area contributed by atoms with Crippen LogP contribution in [-0.2, 0) is 9.47 Å². The van der Waals surface area contributed by atoms with E-state index in [1.165, 1.54) is 32.1 Å². The number of hydrogen-bond acceptors (Lipinski definition) is 4. The van der Waals surface area contributed by atoms with Gasteiger partial charge in [0.25, 0.3) is 0 Å². The van der Waals surface area contributed by atoms with Gasteiger partial charge in [-0.05, 0) is 37.6 Å². The molecule has 21 heavy (non-hydrogen) atoms. The predicted octanol–water partition coefficient (Wildman–Crippen LogP) is 2.35. The fraction of sp³-hybridized carbons (Fsp3) is 1.00. The number of ether oxygens (including phenoxy) is 2. The Hall–Kier alpha value is -0.160. The van der Waals surface area contributed by atoms with Crippen LogP contribution in [0.15, 0.2) is 0 Å². The van der Waals surface area contributed by atoms with Crippen molar-refractivity contribution in [3.8, 4) is 0 Å². The van der Waals surface area contributed by atoms with E-state index in [2.05, 4.69) is 12.2 Å². The van der Waals surface area contributed by atoms with Gasteiger partial charge < -0.3 is 19.9 Å². The van der Waals surface area contributed by atoms with E-state index in [4.69, 9.17) is 9.47 Å². The van der Waals surface area contributed by atoms with Crippen LogP contribution in [0.25, 0.3) is 0 Å². The highest BCUT2D eigenvalue weighted by Crippen LogP contribution is 2.29. The Kier molecular flexibility index (Phi) is 8.01. The zero-order valence-corrected chi connectivity index (χ0v) is 13.6. The number of aliphatic hydroxyl groups excluding tert-OH is 1. The van der Waals surface area contributed by atoms with E-state index in [1.54, 1.807) is 0 Å². The van der Waals surface area contributed by atoms with E-state index in [0.717, 1.165) is 37.8 Å². The molecule has 2 unspecified atom stereocenters. The highest BCUT2D eigenvalue weighted by atomic mass is 16.5. The molecule has 1 heterocycles. The summed E-state index contributed by atoms with van der Waals surface area (Å²) < 4.78 is 11.0. The van der Waals surface area contributed by atoms with Gasteiger partial charge in [0.15, 0.2) is 0 Å². The van der Waals surface area contributed by atoms with Crippen molar-refractivity contribution in [1.29, 1.82) is 0 Å². The van der Waals surface area contributed by atoms with Gasteiger partial charge in [-0.2, -0.15) is 0 Å². The van der Waals surface area contributed by atoms with Crippen LogP contribution in [0.4, 0.5) is 0 Å². The topological polar surface area (TPSA) is 50.7 Å². The van der Waals surface area contributed by atoms with Gasteiger partial charge in [-0.15, -0.1) is 0 Å². The quantitative estimate of drug-likeness (QED) is 0.642. The van der Waals surface area contributed by atoms with Gasteiger partial charge in [-0.3, -0.25) is 0 Å². The second-order valence-corrected chi connectivity index (χ2v) is 6.95. The standard InChI is InChI=1S/C17H33NO3/c1-14-4-6-15(7-5-14)8-9-18-11-16(19)12-20-13-17-3-2-10-21-17/h14-19H,2-13H2,1H3. The first-order valence-electron chi connectivity index (χ1n) is 8.82. The average Bonchev–Trinajstić information content (AvgIpc) is 2.99. The molecule has 0 aromatic rings. The van der Waals surface area contributed by atoms with Crippen LogP contribution < -0.4 is 5.32 Å². The minimum absolute atomic E-state index is 0.249. The van der Waals surface area contributed by atoms with Crippen molar-refractivity contribution in [2.24, 2.45) is 11.8 Å².